The lowest BCUT2D eigenvalue weighted by molar-refractivity contribution is 0.0473. The summed E-state index contributed by atoms with van der Waals surface area (Å²) in [7, 11) is 4.97. The van der Waals surface area contributed by atoms with Gasteiger partial charge in [-0.05, 0) is 35.4 Å². The molecule has 0 aromatic heterocycles. The van der Waals surface area contributed by atoms with E-state index in [0.717, 1.165) is 11.1 Å². The molecule has 5 heteroatoms. The summed E-state index contributed by atoms with van der Waals surface area (Å²) in [6.45, 7) is 0.187. The Kier molecular flexibility index (Phi) is 6.29. The predicted octanol–water partition coefficient (Wildman–Crippen LogP) is 4.42. The average molecular weight is 389 g/mol. The highest BCUT2D eigenvalue weighted by atomic mass is 16.5. The molecule has 0 radical (unpaired) electrons. The summed E-state index contributed by atoms with van der Waals surface area (Å²) in [6, 6.07) is 21.9. The Balaban J connectivity index is 1.92. The van der Waals surface area contributed by atoms with Gasteiger partial charge < -0.3 is 14.4 Å². The maximum absolute atomic E-state index is 12.8. The quantitative estimate of drug-likeness (QED) is 0.586. The molecule has 3 rings (SSSR count). The van der Waals surface area contributed by atoms with Crippen LogP contribution in [0.5, 0.6) is 5.75 Å². The molecule has 0 saturated heterocycles. The molecule has 0 saturated carbocycles. The van der Waals surface area contributed by atoms with Gasteiger partial charge >= 0.3 is 5.97 Å². The van der Waals surface area contributed by atoms with Gasteiger partial charge in [0, 0.05) is 25.2 Å². The van der Waals surface area contributed by atoms with Crippen LogP contribution in [0.2, 0.25) is 0 Å². The maximum Gasteiger partial charge on any atom is 0.339 e. The highest BCUT2D eigenvalue weighted by Gasteiger charge is 2.19. The zero-order valence-corrected chi connectivity index (χ0v) is 16.7. The molecular weight excluding hydrogens is 366 g/mol. The molecule has 0 heterocycles. The van der Waals surface area contributed by atoms with Crippen LogP contribution >= 0.6 is 0 Å². The van der Waals surface area contributed by atoms with Crippen molar-refractivity contribution in [2.45, 2.75) is 6.61 Å². The minimum absolute atomic E-state index is 0.0842. The van der Waals surface area contributed by atoms with Crippen molar-refractivity contribution in [3.8, 4) is 16.9 Å². The van der Waals surface area contributed by atoms with Crippen LogP contribution in [0.15, 0.2) is 72.8 Å². The first-order valence-electron chi connectivity index (χ1n) is 9.21. The fourth-order valence-corrected chi connectivity index (χ4v) is 3.01. The summed E-state index contributed by atoms with van der Waals surface area (Å²) in [5, 5.41) is 0. The van der Waals surface area contributed by atoms with Gasteiger partial charge in [0.1, 0.15) is 12.4 Å². The lowest BCUT2D eigenvalue weighted by atomic mass is 9.97. The van der Waals surface area contributed by atoms with Crippen molar-refractivity contribution in [1.29, 1.82) is 0 Å². The highest BCUT2D eigenvalue weighted by Crippen LogP contribution is 2.34. The Labute approximate surface area is 170 Å². The van der Waals surface area contributed by atoms with E-state index in [-0.39, 0.29) is 12.5 Å². The van der Waals surface area contributed by atoms with E-state index in [0.29, 0.717) is 22.4 Å². The van der Waals surface area contributed by atoms with E-state index in [1.54, 1.807) is 51.5 Å². The lowest BCUT2D eigenvalue weighted by Gasteiger charge is -2.15. The second-order valence-electron chi connectivity index (χ2n) is 6.72. The van der Waals surface area contributed by atoms with Crippen molar-refractivity contribution < 1.29 is 19.1 Å². The number of methoxy groups -OCH3 is 1. The molecule has 0 aliphatic carbocycles. The second-order valence-corrected chi connectivity index (χ2v) is 6.72. The summed E-state index contributed by atoms with van der Waals surface area (Å²) < 4.78 is 11.0. The number of carbonyl (C=O) groups is 2. The largest absolute Gasteiger partial charge is 0.496 e. The van der Waals surface area contributed by atoms with Crippen LogP contribution in [0.25, 0.3) is 11.1 Å². The number of ether oxygens (including phenoxy) is 2. The number of hydrogen-bond acceptors (Lipinski definition) is 4. The molecule has 3 aromatic rings. The van der Waals surface area contributed by atoms with Crippen molar-refractivity contribution in [3.05, 3.63) is 89.5 Å². The molecule has 0 unspecified atom stereocenters. The van der Waals surface area contributed by atoms with E-state index in [2.05, 4.69) is 0 Å². The van der Waals surface area contributed by atoms with Gasteiger partial charge in [-0.15, -0.1) is 0 Å². The normalized spacial score (nSPS) is 10.3. The predicted molar refractivity (Wildman–Crippen MR) is 112 cm³/mol. The van der Waals surface area contributed by atoms with E-state index < -0.39 is 5.97 Å². The standard InChI is InChI=1S/C24H23NO4/c1-25(2)23(26)19-14-12-18(13-15-19)22-20(10-7-11-21(22)28-3)24(27)29-16-17-8-5-4-6-9-17/h4-15H,16H2,1-3H3. The fraction of sp³-hybridized carbons (Fsp3) is 0.167. The SMILES string of the molecule is COc1cccc(C(=O)OCc2ccccc2)c1-c1ccc(C(=O)N(C)C)cc1. The van der Waals surface area contributed by atoms with Crippen molar-refractivity contribution in [2.75, 3.05) is 21.2 Å². The minimum Gasteiger partial charge on any atom is -0.496 e. The topological polar surface area (TPSA) is 55.8 Å². The van der Waals surface area contributed by atoms with Crippen LogP contribution in [-0.2, 0) is 11.3 Å². The van der Waals surface area contributed by atoms with Gasteiger partial charge in [0.25, 0.3) is 5.91 Å². The second kappa shape index (κ2) is 9.06. The van der Waals surface area contributed by atoms with Crippen molar-refractivity contribution in [2.24, 2.45) is 0 Å². The summed E-state index contributed by atoms with van der Waals surface area (Å²) >= 11 is 0. The molecule has 3 aromatic carbocycles. The smallest absolute Gasteiger partial charge is 0.339 e. The molecule has 5 nitrogen and oxygen atoms in total. The number of esters is 1. The third kappa shape index (κ3) is 4.63. The van der Waals surface area contributed by atoms with Crippen LogP contribution in [0.1, 0.15) is 26.3 Å². The van der Waals surface area contributed by atoms with Crippen LogP contribution in [0, 0.1) is 0 Å². The highest BCUT2D eigenvalue weighted by molar-refractivity contribution is 6.00. The van der Waals surface area contributed by atoms with E-state index in [4.69, 9.17) is 9.47 Å². The average Bonchev–Trinajstić information content (AvgIpc) is 2.77. The molecule has 148 valence electrons. The zero-order chi connectivity index (χ0) is 20.8. The summed E-state index contributed by atoms with van der Waals surface area (Å²) in [5.41, 5.74) is 3.30. The molecular formula is C24H23NO4. The molecule has 0 aliphatic rings. The zero-order valence-electron chi connectivity index (χ0n) is 16.7. The van der Waals surface area contributed by atoms with Crippen LogP contribution in [-0.4, -0.2) is 38.0 Å². The number of hydrogen-bond donors (Lipinski definition) is 0. The number of nitrogens with zero attached hydrogens (tertiary/aromatic N) is 1. The maximum atomic E-state index is 12.8. The Bertz CT molecular complexity index is 995. The number of amides is 1. The molecule has 0 aliphatic heterocycles. The molecule has 0 spiro atoms. The molecule has 0 N–H and O–H groups in total. The van der Waals surface area contributed by atoms with E-state index in [1.165, 1.54) is 4.90 Å². The molecule has 1 amide bonds. The van der Waals surface area contributed by atoms with E-state index in [9.17, 15) is 9.59 Å². The van der Waals surface area contributed by atoms with E-state index in [1.807, 2.05) is 42.5 Å². The summed E-state index contributed by atoms with van der Waals surface area (Å²) in [6.07, 6.45) is 0. The Morgan fingerprint density at radius 2 is 1.55 bits per heavy atom. The lowest BCUT2D eigenvalue weighted by Crippen LogP contribution is -2.21. The number of rotatable bonds is 6. The van der Waals surface area contributed by atoms with Gasteiger partial charge in [-0.2, -0.15) is 0 Å². The molecule has 0 bridgehead atoms. The fourth-order valence-electron chi connectivity index (χ4n) is 3.01. The van der Waals surface area contributed by atoms with Gasteiger partial charge in [0.15, 0.2) is 0 Å². The third-order valence-electron chi connectivity index (χ3n) is 4.51. The molecule has 0 fully saturated rings. The number of carbonyl (C=O) groups excluding carboxylic acids is 2. The van der Waals surface area contributed by atoms with Gasteiger partial charge in [-0.1, -0.05) is 48.5 Å². The van der Waals surface area contributed by atoms with E-state index >= 15 is 0 Å². The van der Waals surface area contributed by atoms with Crippen molar-refractivity contribution in [3.63, 3.8) is 0 Å². The van der Waals surface area contributed by atoms with Crippen LogP contribution in [0.3, 0.4) is 0 Å². The third-order valence-corrected chi connectivity index (χ3v) is 4.51. The van der Waals surface area contributed by atoms with Crippen LogP contribution < -0.4 is 4.74 Å². The number of benzene rings is 3. The first-order chi connectivity index (χ1) is 14.0. The Morgan fingerprint density at radius 1 is 0.862 bits per heavy atom. The first kappa shape index (κ1) is 20.1. The molecule has 29 heavy (non-hydrogen) atoms. The van der Waals surface area contributed by atoms with Crippen molar-refractivity contribution in [1.82, 2.24) is 4.90 Å². The van der Waals surface area contributed by atoms with Gasteiger partial charge in [-0.3, -0.25) is 4.79 Å². The molecule has 0 atom stereocenters. The summed E-state index contributed by atoms with van der Waals surface area (Å²) in [4.78, 5) is 26.5. The Morgan fingerprint density at radius 3 is 2.17 bits per heavy atom. The summed E-state index contributed by atoms with van der Waals surface area (Å²) in [5.74, 6) is 0.0427. The first-order valence-corrected chi connectivity index (χ1v) is 9.21. The minimum atomic E-state index is -0.434. The van der Waals surface area contributed by atoms with Gasteiger partial charge in [0.2, 0.25) is 0 Å². The van der Waals surface area contributed by atoms with Gasteiger partial charge in [-0.25, -0.2) is 4.79 Å². The van der Waals surface area contributed by atoms with Crippen LogP contribution in [0.4, 0.5) is 0 Å². The Hall–Kier alpha value is -3.60. The van der Waals surface area contributed by atoms with Gasteiger partial charge in [0.05, 0.1) is 12.7 Å². The monoisotopic (exact) mass is 389 g/mol. The van der Waals surface area contributed by atoms with Crippen molar-refractivity contribution >= 4 is 11.9 Å².